The molecule has 1 aromatic carbocycles. The third kappa shape index (κ3) is 5.74. The second-order valence-electron chi connectivity index (χ2n) is 6.32. The molecule has 2 aromatic rings. The van der Waals surface area contributed by atoms with Crippen LogP contribution in [0.5, 0.6) is 0 Å². The summed E-state index contributed by atoms with van der Waals surface area (Å²) in [6, 6.07) is 9.37. The summed E-state index contributed by atoms with van der Waals surface area (Å²) >= 11 is 1.25. The number of thioether (sulfide) groups is 1. The third-order valence-corrected chi connectivity index (χ3v) is 4.77. The van der Waals surface area contributed by atoms with Crippen LogP contribution in [0.25, 0.3) is 0 Å². The fourth-order valence-electron chi connectivity index (χ4n) is 2.34. The number of carbonyl (C=O) groups excluding carboxylic acids is 1. The number of aromatic nitrogens is 2. The van der Waals surface area contributed by atoms with Gasteiger partial charge in [-0.1, -0.05) is 51.1 Å². The monoisotopic (exact) mass is 359 g/mol. The summed E-state index contributed by atoms with van der Waals surface area (Å²) in [5, 5.41) is 3.01. The van der Waals surface area contributed by atoms with E-state index in [0.29, 0.717) is 11.1 Å². The molecule has 0 bridgehead atoms. The number of amides is 1. The van der Waals surface area contributed by atoms with Gasteiger partial charge in [0.05, 0.1) is 5.25 Å². The van der Waals surface area contributed by atoms with E-state index < -0.39 is 0 Å². The Labute approximate surface area is 152 Å². The van der Waals surface area contributed by atoms with Crippen molar-refractivity contribution in [2.75, 3.05) is 5.32 Å². The molecule has 0 fully saturated rings. The normalized spacial score (nSPS) is 12.2. The molecular weight excluding hydrogens is 334 g/mol. The minimum absolute atomic E-state index is 0.120. The van der Waals surface area contributed by atoms with Crippen LogP contribution in [-0.2, 0) is 11.2 Å². The number of anilines is 1. The van der Waals surface area contributed by atoms with E-state index in [0.717, 1.165) is 24.2 Å². The first-order valence-corrected chi connectivity index (χ1v) is 9.44. The first-order chi connectivity index (χ1) is 11.9. The molecule has 25 heavy (non-hydrogen) atoms. The van der Waals surface area contributed by atoms with Crippen molar-refractivity contribution in [2.45, 2.75) is 56.9 Å². The van der Waals surface area contributed by atoms with Crippen LogP contribution in [0.2, 0.25) is 0 Å². The van der Waals surface area contributed by atoms with Crippen LogP contribution in [0, 0.1) is 0 Å². The van der Waals surface area contributed by atoms with E-state index in [1.165, 1.54) is 23.4 Å². The third-order valence-electron chi connectivity index (χ3n) is 3.78. The second-order valence-corrected chi connectivity index (χ2v) is 7.65. The molecule has 0 aliphatic rings. The number of hydrogen-bond acceptors (Lipinski definition) is 4. The van der Waals surface area contributed by atoms with Crippen molar-refractivity contribution in [1.29, 1.82) is 0 Å². The summed E-state index contributed by atoms with van der Waals surface area (Å²) in [5.41, 5.74) is 2.57. The van der Waals surface area contributed by atoms with Crippen molar-refractivity contribution in [1.82, 2.24) is 9.97 Å². The molecule has 0 saturated carbocycles. The van der Waals surface area contributed by atoms with Gasteiger partial charge in [-0.3, -0.25) is 9.59 Å². The number of hydrogen-bond donors (Lipinski definition) is 2. The quantitative estimate of drug-likeness (QED) is 0.579. The van der Waals surface area contributed by atoms with Crippen molar-refractivity contribution < 1.29 is 4.79 Å². The van der Waals surface area contributed by atoms with E-state index in [2.05, 4.69) is 29.1 Å². The van der Waals surface area contributed by atoms with E-state index in [4.69, 9.17) is 0 Å². The van der Waals surface area contributed by atoms with E-state index >= 15 is 0 Å². The van der Waals surface area contributed by atoms with Gasteiger partial charge in [0.15, 0.2) is 5.16 Å². The molecule has 0 radical (unpaired) electrons. The highest BCUT2D eigenvalue weighted by Gasteiger charge is 2.16. The van der Waals surface area contributed by atoms with E-state index in [1.807, 2.05) is 31.2 Å². The summed E-state index contributed by atoms with van der Waals surface area (Å²) in [6.07, 6.45) is 1.67. The van der Waals surface area contributed by atoms with Crippen LogP contribution >= 0.6 is 11.8 Å². The van der Waals surface area contributed by atoms with Crippen LogP contribution in [0.15, 0.2) is 40.3 Å². The van der Waals surface area contributed by atoms with Crippen LogP contribution in [0.1, 0.15) is 51.3 Å². The molecule has 6 heteroatoms. The highest BCUT2D eigenvalue weighted by Crippen LogP contribution is 2.21. The minimum atomic E-state index is -0.371. The maximum absolute atomic E-state index is 12.4. The molecule has 0 aliphatic carbocycles. The van der Waals surface area contributed by atoms with Crippen molar-refractivity contribution in [3.63, 3.8) is 0 Å². The van der Waals surface area contributed by atoms with E-state index in [9.17, 15) is 9.59 Å². The molecule has 1 aromatic heterocycles. The lowest BCUT2D eigenvalue weighted by Crippen LogP contribution is -2.23. The molecule has 0 saturated heterocycles. The average Bonchev–Trinajstić information content (AvgIpc) is 2.55. The lowest BCUT2D eigenvalue weighted by Gasteiger charge is -2.13. The predicted octanol–water partition coefficient (Wildman–Crippen LogP) is 3.97. The van der Waals surface area contributed by atoms with Crippen LogP contribution in [0.3, 0.4) is 0 Å². The van der Waals surface area contributed by atoms with E-state index in [-0.39, 0.29) is 16.7 Å². The lowest BCUT2D eigenvalue weighted by molar-refractivity contribution is -0.115. The SMILES string of the molecule is CCCc1cc(=O)[nH]c(SC(C)C(=O)Nc2ccc(C(C)C)cc2)n1. The Morgan fingerprint density at radius 2 is 1.92 bits per heavy atom. The van der Waals surface area contributed by atoms with Crippen molar-refractivity contribution >= 4 is 23.4 Å². The van der Waals surface area contributed by atoms with Gasteiger partial charge in [-0.15, -0.1) is 0 Å². The summed E-state index contributed by atoms with van der Waals surface area (Å²) in [7, 11) is 0. The smallest absolute Gasteiger partial charge is 0.251 e. The average molecular weight is 359 g/mol. The Bertz CT molecular complexity index is 769. The Hall–Kier alpha value is -2.08. The number of H-pyrrole nitrogens is 1. The van der Waals surface area contributed by atoms with Crippen LogP contribution < -0.4 is 10.9 Å². The van der Waals surface area contributed by atoms with Crippen molar-refractivity contribution in [3.05, 3.63) is 51.9 Å². The van der Waals surface area contributed by atoms with Gasteiger partial charge in [-0.2, -0.15) is 0 Å². The van der Waals surface area contributed by atoms with Crippen molar-refractivity contribution in [2.24, 2.45) is 0 Å². The van der Waals surface area contributed by atoms with Gasteiger partial charge in [-0.25, -0.2) is 4.98 Å². The zero-order valence-corrected chi connectivity index (χ0v) is 15.9. The predicted molar refractivity (Wildman–Crippen MR) is 103 cm³/mol. The Kier molecular flexibility index (Phi) is 6.82. The number of aromatic amines is 1. The number of aryl methyl sites for hydroxylation is 1. The number of benzene rings is 1. The molecule has 5 nitrogen and oxygen atoms in total. The van der Waals surface area contributed by atoms with Crippen LogP contribution in [-0.4, -0.2) is 21.1 Å². The zero-order valence-electron chi connectivity index (χ0n) is 15.1. The second kappa shape index (κ2) is 8.85. The molecule has 0 aliphatic heterocycles. The Balaban J connectivity index is 2.01. The van der Waals surface area contributed by atoms with Gasteiger partial charge < -0.3 is 10.3 Å². The number of rotatable bonds is 7. The standard InChI is InChI=1S/C19H25N3O2S/c1-5-6-16-11-17(23)22-19(21-16)25-13(4)18(24)20-15-9-7-14(8-10-15)12(2)3/h7-13H,5-6H2,1-4H3,(H,20,24)(H,21,22,23). The topological polar surface area (TPSA) is 74.8 Å². The summed E-state index contributed by atoms with van der Waals surface area (Å²) < 4.78 is 0. The lowest BCUT2D eigenvalue weighted by atomic mass is 10.0. The minimum Gasteiger partial charge on any atom is -0.325 e. The molecule has 1 amide bonds. The largest absolute Gasteiger partial charge is 0.325 e. The molecule has 2 rings (SSSR count). The molecule has 134 valence electrons. The van der Waals surface area contributed by atoms with Gasteiger partial charge >= 0.3 is 0 Å². The van der Waals surface area contributed by atoms with Gasteiger partial charge in [0.25, 0.3) is 5.56 Å². The molecule has 0 spiro atoms. The molecule has 1 atom stereocenters. The molecule has 2 N–H and O–H groups in total. The maximum Gasteiger partial charge on any atom is 0.251 e. The summed E-state index contributed by atoms with van der Waals surface area (Å²) in [6.45, 7) is 8.10. The zero-order chi connectivity index (χ0) is 18.4. The fourth-order valence-corrected chi connectivity index (χ4v) is 3.17. The first-order valence-electron chi connectivity index (χ1n) is 8.56. The number of carbonyl (C=O) groups is 1. The van der Waals surface area contributed by atoms with Crippen LogP contribution in [0.4, 0.5) is 5.69 Å². The maximum atomic E-state index is 12.4. The highest BCUT2D eigenvalue weighted by atomic mass is 32.2. The van der Waals surface area contributed by atoms with Gasteiger partial charge in [-0.05, 0) is 37.0 Å². The van der Waals surface area contributed by atoms with Gasteiger partial charge in [0, 0.05) is 17.4 Å². The molecular formula is C19H25N3O2S. The van der Waals surface area contributed by atoms with E-state index in [1.54, 1.807) is 6.92 Å². The van der Waals surface area contributed by atoms with Crippen molar-refractivity contribution in [3.8, 4) is 0 Å². The Morgan fingerprint density at radius 1 is 1.24 bits per heavy atom. The summed E-state index contributed by atoms with van der Waals surface area (Å²) in [4.78, 5) is 31.2. The molecule has 1 unspecified atom stereocenters. The Morgan fingerprint density at radius 3 is 2.52 bits per heavy atom. The number of nitrogens with one attached hydrogen (secondary N) is 2. The summed E-state index contributed by atoms with van der Waals surface area (Å²) in [5.74, 6) is 0.336. The van der Waals surface area contributed by atoms with Gasteiger partial charge in [0.2, 0.25) is 5.91 Å². The fraction of sp³-hybridized carbons (Fsp3) is 0.421. The first kappa shape index (κ1) is 19.2. The molecule has 1 heterocycles. The van der Waals surface area contributed by atoms with Gasteiger partial charge in [0.1, 0.15) is 0 Å². The number of nitrogens with zero attached hydrogens (tertiary/aromatic N) is 1. The highest BCUT2D eigenvalue weighted by molar-refractivity contribution is 8.00.